The highest BCUT2D eigenvalue weighted by Gasteiger charge is 2.42. The highest BCUT2D eigenvalue weighted by Crippen LogP contribution is 2.36. The Morgan fingerprint density at radius 3 is 2.84 bits per heavy atom. The number of hydrogen-bond donors (Lipinski definition) is 2. The minimum absolute atomic E-state index is 0.0988. The van der Waals surface area contributed by atoms with Crippen molar-refractivity contribution in [3.8, 4) is 22.3 Å². The van der Waals surface area contributed by atoms with Gasteiger partial charge in [0.05, 0.1) is 11.3 Å². The number of guanidine groups is 1. The summed E-state index contributed by atoms with van der Waals surface area (Å²) in [6.45, 7) is 3.58. The molecule has 1 fully saturated rings. The Labute approximate surface area is 151 Å². The summed E-state index contributed by atoms with van der Waals surface area (Å²) in [5.74, 6) is 5.62. The van der Waals surface area contributed by atoms with E-state index in [1.54, 1.807) is 26.2 Å². The van der Waals surface area contributed by atoms with E-state index in [-0.39, 0.29) is 11.7 Å². The fourth-order valence-corrected chi connectivity index (χ4v) is 5.34. The summed E-state index contributed by atoms with van der Waals surface area (Å²) in [6, 6.07) is 5.81. The molecule has 1 atom stereocenters. The van der Waals surface area contributed by atoms with Gasteiger partial charge in [-0.05, 0) is 32.0 Å². The highest BCUT2D eigenvalue weighted by molar-refractivity contribution is 7.89. The van der Waals surface area contributed by atoms with E-state index >= 15 is 0 Å². The van der Waals surface area contributed by atoms with E-state index in [0.717, 1.165) is 25.2 Å². The first-order valence-electron chi connectivity index (χ1n) is 7.57. The number of thiophene rings is 1. The Morgan fingerprint density at radius 2 is 2.16 bits per heavy atom. The number of nitrogens with one attached hydrogen (secondary N) is 2. The SMILES string of the molecule is CC#Cc1cncc(-c2ccc([C@]3(C)CS(=O)(=O)N(C)C(=N)N3)s2)c1. The van der Waals surface area contributed by atoms with Crippen molar-refractivity contribution in [2.75, 3.05) is 12.8 Å². The van der Waals surface area contributed by atoms with Gasteiger partial charge in [0, 0.05) is 40.3 Å². The van der Waals surface area contributed by atoms with Gasteiger partial charge in [0.2, 0.25) is 16.0 Å². The quantitative estimate of drug-likeness (QED) is 0.789. The number of hydrogen-bond acceptors (Lipinski definition) is 5. The molecular weight excluding hydrogens is 356 g/mol. The lowest BCUT2D eigenvalue weighted by Crippen LogP contribution is -2.60. The molecule has 0 bridgehead atoms. The van der Waals surface area contributed by atoms with Gasteiger partial charge in [0.1, 0.15) is 0 Å². The second-order valence-electron chi connectivity index (χ2n) is 6.03. The number of pyridine rings is 1. The predicted molar refractivity (Wildman–Crippen MR) is 99.9 cm³/mol. The summed E-state index contributed by atoms with van der Waals surface area (Å²) in [5.41, 5.74) is 0.938. The number of sulfonamides is 1. The molecule has 1 aliphatic heterocycles. The average molecular weight is 374 g/mol. The van der Waals surface area contributed by atoms with Crippen LogP contribution in [0.5, 0.6) is 0 Å². The normalized spacial score (nSPS) is 22.0. The van der Waals surface area contributed by atoms with Crippen molar-refractivity contribution in [2.24, 2.45) is 0 Å². The van der Waals surface area contributed by atoms with E-state index in [0.29, 0.717) is 0 Å². The molecule has 0 saturated carbocycles. The van der Waals surface area contributed by atoms with Crippen LogP contribution in [0.25, 0.3) is 10.4 Å². The molecule has 3 rings (SSSR count). The molecule has 6 nitrogen and oxygen atoms in total. The van der Waals surface area contributed by atoms with Gasteiger partial charge in [-0.3, -0.25) is 10.4 Å². The summed E-state index contributed by atoms with van der Waals surface area (Å²) in [5, 5.41) is 10.9. The molecule has 2 aromatic heterocycles. The molecule has 130 valence electrons. The maximum Gasteiger partial charge on any atom is 0.239 e. The number of rotatable bonds is 2. The van der Waals surface area contributed by atoms with Crippen molar-refractivity contribution in [3.05, 3.63) is 41.0 Å². The van der Waals surface area contributed by atoms with Crippen molar-refractivity contribution in [2.45, 2.75) is 19.4 Å². The Morgan fingerprint density at radius 1 is 1.40 bits per heavy atom. The molecule has 8 heteroatoms. The Balaban J connectivity index is 1.97. The first-order valence-corrected chi connectivity index (χ1v) is 9.99. The van der Waals surface area contributed by atoms with E-state index in [9.17, 15) is 8.42 Å². The monoisotopic (exact) mass is 374 g/mol. The molecule has 0 amide bonds. The van der Waals surface area contributed by atoms with Crippen LogP contribution in [0.4, 0.5) is 0 Å². The molecule has 0 aliphatic carbocycles. The molecule has 1 saturated heterocycles. The van der Waals surface area contributed by atoms with E-state index < -0.39 is 15.6 Å². The molecule has 25 heavy (non-hydrogen) atoms. The molecule has 3 heterocycles. The number of nitrogens with zero attached hydrogens (tertiary/aromatic N) is 2. The van der Waals surface area contributed by atoms with Crippen LogP contribution >= 0.6 is 11.3 Å². The lowest BCUT2D eigenvalue weighted by molar-refractivity contribution is 0.424. The Bertz CT molecular complexity index is 1000. The van der Waals surface area contributed by atoms with Crippen LogP contribution in [-0.4, -0.2) is 36.5 Å². The summed E-state index contributed by atoms with van der Waals surface area (Å²) in [6.07, 6.45) is 3.47. The molecule has 0 spiro atoms. The molecule has 1 aliphatic rings. The zero-order chi connectivity index (χ0) is 18.2. The topological polar surface area (TPSA) is 86.2 Å². The van der Waals surface area contributed by atoms with Gasteiger partial charge in [0.25, 0.3) is 0 Å². The molecule has 0 unspecified atom stereocenters. The molecule has 0 aromatic carbocycles. The Hall–Kier alpha value is -2.37. The van der Waals surface area contributed by atoms with Crippen LogP contribution in [0.2, 0.25) is 0 Å². The highest BCUT2D eigenvalue weighted by atomic mass is 32.2. The second-order valence-corrected chi connectivity index (χ2v) is 9.11. The van der Waals surface area contributed by atoms with Gasteiger partial charge in [-0.15, -0.1) is 17.3 Å². The van der Waals surface area contributed by atoms with Gasteiger partial charge >= 0.3 is 0 Å². The van der Waals surface area contributed by atoms with Crippen molar-refractivity contribution >= 4 is 27.3 Å². The fraction of sp³-hybridized carbons (Fsp3) is 0.294. The van der Waals surface area contributed by atoms with Crippen LogP contribution in [0.1, 0.15) is 24.3 Å². The standard InChI is InChI=1S/C17H18N4O2S2/c1-4-5-12-8-13(10-19-9-12)14-6-7-15(24-14)17(2)11-25(22,23)21(3)16(18)20-17/h6-10H,11H2,1-3H3,(H2,18,20)/t17-/m0/s1. The summed E-state index contributed by atoms with van der Waals surface area (Å²) in [7, 11) is -2.13. The van der Waals surface area contributed by atoms with E-state index in [1.807, 2.05) is 18.2 Å². The molecule has 0 radical (unpaired) electrons. The zero-order valence-corrected chi connectivity index (χ0v) is 15.8. The lowest BCUT2D eigenvalue weighted by atomic mass is 10.0. The minimum atomic E-state index is -3.51. The van der Waals surface area contributed by atoms with E-state index in [4.69, 9.17) is 5.41 Å². The smallest absolute Gasteiger partial charge is 0.239 e. The van der Waals surface area contributed by atoms with Gasteiger partial charge in [-0.25, -0.2) is 12.7 Å². The van der Waals surface area contributed by atoms with Crippen LogP contribution < -0.4 is 5.32 Å². The third-order valence-corrected chi connectivity index (χ3v) is 7.40. The molecular formula is C17H18N4O2S2. The van der Waals surface area contributed by atoms with Crippen LogP contribution in [-0.2, 0) is 15.6 Å². The summed E-state index contributed by atoms with van der Waals surface area (Å²) in [4.78, 5) is 6.05. The van der Waals surface area contributed by atoms with Crippen molar-refractivity contribution in [1.29, 1.82) is 5.41 Å². The minimum Gasteiger partial charge on any atom is -0.344 e. The van der Waals surface area contributed by atoms with Crippen molar-refractivity contribution in [3.63, 3.8) is 0 Å². The first kappa shape index (κ1) is 17.5. The largest absolute Gasteiger partial charge is 0.344 e. The molecule has 2 N–H and O–H groups in total. The average Bonchev–Trinajstić information content (AvgIpc) is 3.04. The third kappa shape index (κ3) is 3.25. The summed E-state index contributed by atoms with van der Waals surface area (Å²) < 4.78 is 25.6. The van der Waals surface area contributed by atoms with E-state index in [2.05, 4.69) is 22.1 Å². The second kappa shape index (κ2) is 6.17. The fourth-order valence-electron chi connectivity index (χ4n) is 2.69. The third-order valence-electron chi connectivity index (χ3n) is 4.04. The maximum atomic E-state index is 12.3. The van der Waals surface area contributed by atoms with Crippen molar-refractivity contribution < 1.29 is 8.42 Å². The van der Waals surface area contributed by atoms with Gasteiger partial charge < -0.3 is 5.32 Å². The lowest BCUT2D eigenvalue weighted by Gasteiger charge is -2.39. The molecule has 2 aromatic rings. The van der Waals surface area contributed by atoms with E-state index in [1.165, 1.54) is 18.4 Å². The van der Waals surface area contributed by atoms with Gasteiger partial charge in [0.15, 0.2) is 0 Å². The summed E-state index contributed by atoms with van der Waals surface area (Å²) >= 11 is 1.49. The predicted octanol–water partition coefficient (Wildman–Crippen LogP) is 2.20. The van der Waals surface area contributed by atoms with Crippen LogP contribution in [0.3, 0.4) is 0 Å². The Kier molecular flexibility index (Phi) is 4.31. The van der Waals surface area contributed by atoms with Gasteiger partial charge in [-0.2, -0.15) is 0 Å². The van der Waals surface area contributed by atoms with Gasteiger partial charge in [-0.1, -0.05) is 5.92 Å². The maximum absolute atomic E-state index is 12.3. The zero-order valence-electron chi connectivity index (χ0n) is 14.1. The number of aromatic nitrogens is 1. The van der Waals surface area contributed by atoms with Crippen LogP contribution in [0.15, 0.2) is 30.6 Å². The first-order chi connectivity index (χ1) is 11.7. The van der Waals surface area contributed by atoms with Crippen LogP contribution in [0, 0.1) is 17.3 Å². The van der Waals surface area contributed by atoms with Crippen molar-refractivity contribution in [1.82, 2.24) is 14.6 Å².